The van der Waals surface area contributed by atoms with Gasteiger partial charge < -0.3 is 19.4 Å². The Kier molecular flexibility index (Phi) is 4.96. The predicted octanol–water partition coefficient (Wildman–Crippen LogP) is 3.13. The van der Waals surface area contributed by atoms with Crippen molar-refractivity contribution < 1.29 is 14.3 Å². The Bertz CT molecular complexity index is 1130. The van der Waals surface area contributed by atoms with Crippen LogP contribution >= 0.6 is 0 Å². The molecule has 0 spiro atoms. The molecular formula is C20H23N5O4. The molecule has 0 amide bonds. The number of carbonyl (C=O) groups excluding carboxylic acids is 1. The van der Waals surface area contributed by atoms with Gasteiger partial charge in [-0.3, -0.25) is 9.36 Å². The van der Waals surface area contributed by atoms with Crippen LogP contribution in [0.2, 0.25) is 0 Å². The third-order valence-corrected chi connectivity index (χ3v) is 5.06. The van der Waals surface area contributed by atoms with E-state index in [0.717, 1.165) is 23.4 Å². The predicted molar refractivity (Wildman–Crippen MR) is 108 cm³/mol. The van der Waals surface area contributed by atoms with Crippen molar-refractivity contribution in [2.75, 3.05) is 12.4 Å². The highest BCUT2D eigenvalue weighted by Gasteiger charge is 2.21. The number of methoxy groups -OCH3 is 1. The van der Waals surface area contributed by atoms with Crippen LogP contribution in [0.3, 0.4) is 0 Å². The first-order valence-corrected chi connectivity index (χ1v) is 9.52. The van der Waals surface area contributed by atoms with E-state index in [2.05, 4.69) is 20.0 Å². The van der Waals surface area contributed by atoms with E-state index in [-0.39, 0.29) is 5.56 Å². The van der Waals surface area contributed by atoms with Crippen molar-refractivity contribution in [1.82, 2.24) is 19.1 Å². The SMILES string of the molecule is COC(=O)Oc1cc(Nc2nc(C)c3ccc(=O)n(CCC4CC4)c3n2)cn1C. The summed E-state index contributed by atoms with van der Waals surface area (Å²) in [5, 5.41) is 3.98. The molecule has 0 atom stereocenters. The standard InChI is InChI=1S/C20H23N5O4/c1-12-15-6-7-16(26)25(9-8-13-4-5-13)18(15)23-19(21-12)22-14-10-17(24(2)11-14)29-20(27)28-3/h6-7,10-11,13H,4-5,8-9H2,1-3H3,(H,21,22,23). The minimum absolute atomic E-state index is 0.0596. The van der Waals surface area contributed by atoms with Crippen LogP contribution in [-0.2, 0) is 18.3 Å². The number of carbonyl (C=O) groups is 1. The summed E-state index contributed by atoms with van der Waals surface area (Å²) in [5.74, 6) is 1.41. The van der Waals surface area contributed by atoms with Crippen molar-refractivity contribution in [2.45, 2.75) is 32.7 Å². The highest BCUT2D eigenvalue weighted by Crippen LogP contribution is 2.33. The summed E-state index contributed by atoms with van der Waals surface area (Å²) in [7, 11) is 2.99. The zero-order valence-corrected chi connectivity index (χ0v) is 16.6. The van der Waals surface area contributed by atoms with Gasteiger partial charge in [0, 0.05) is 37.3 Å². The lowest BCUT2D eigenvalue weighted by atomic mass is 10.2. The van der Waals surface area contributed by atoms with Gasteiger partial charge in [-0.05, 0) is 25.3 Å². The molecule has 0 bridgehead atoms. The van der Waals surface area contributed by atoms with Crippen molar-refractivity contribution in [1.29, 1.82) is 0 Å². The van der Waals surface area contributed by atoms with Crippen molar-refractivity contribution in [2.24, 2.45) is 13.0 Å². The van der Waals surface area contributed by atoms with E-state index in [4.69, 9.17) is 4.74 Å². The Labute approximate surface area is 167 Å². The molecule has 3 aromatic rings. The van der Waals surface area contributed by atoms with Gasteiger partial charge in [0.2, 0.25) is 11.8 Å². The molecule has 9 heteroatoms. The lowest BCUT2D eigenvalue weighted by molar-refractivity contribution is 0.118. The topological polar surface area (TPSA) is 100 Å². The van der Waals surface area contributed by atoms with Crippen LogP contribution in [0.1, 0.15) is 25.0 Å². The number of anilines is 2. The largest absolute Gasteiger partial charge is 0.514 e. The number of hydrogen-bond acceptors (Lipinski definition) is 7. The van der Waals surface area contributed by atoms with Gasteiger partial charge in [0.25, 0.3) is 5.56 Å². The Hall–Kier alpha value is -3.36. The molecule has 1 fully saturated rings. The first-order valence-electron chi connectivity index (χ1n) is 9.52. The lowest BCUT2D eigenvalue weighted by Gasteiger charge is -2.12. The summed E-state index contributed by atoms with van der Waals surface area (Å²) in [6.07, 6.45) is 4.41. The number of aromatic nitrogens is 4. The number of rotatable bonds is 6. The smallest absolute Gasteiger partial charge is 0.437 e. The van der Waals surface area contributed by atoms with Gasteiger partial charge in [-0.25, -0.2) is 9.78 Å². The maximum Gasteiger partial charge on any atom is 0.514 e. The fraction of sp³-hybridized carbons (Fsp3) is 0.400. The Morgan fingerprint density at radius 3 is 2.83 bits per heavy atom. The van der Waals surface area contributed by atoms with E-state index in [9.17, 15) is 9.59 Å². The Morgan fingerprint density at radius 1 is 1.31 bits per heavy atom. The molecule has 1 saturated carbocycles. The van der Waals surface area contributed by atoms with Crippen LogP contribution in [0.25, 0.3) is 11.0 Å². The van der Waals surface area contributed by atoms with Gasteiger partial charge in [-0.15, -0.1) is 0 Å². The number of nitrogens with one attached hydrogen (secondary N) is 1. The quantitative estimate of drug-likeness (QED) is 0.638. The van der Waals surface area contributed by atoms with Crippen molar-refractivity contribution in [3.63, 3.8) is 0 Å². The number of aryl methyl sites for hydroxylation is 3. The van der Waals surface area contributed by atoms with Crippen LogP contribution < -0.4 is 15.6 Å². The van der Waals surface area contributed by atoms with Crippen LogP contribution in [0.15, 0.2) is 29.2 Å². The van der Waals surface area contributed by atoms with Crippen LogP contribution in [0.4, 0.5) is 16.4 Å². The minimum atomic E-state index is -0.796. The molecule has 1 N–H and O–H groups in total. The van der Waals surface area contributed by atoms with Gasteiger partial charge in [0.1, 0.15) is 5.65 Å². The molecule has 0 aliphatic heterocycles. The normalized spacial score (nSPS) is 13.5. The molecule has 1 aliphatic carbocycles. The molecule has 29 heavy (non-hydrogen) atoms. The summed E-state index contributed by atoms with van der Waals surface area (Å²) in [6, 6.07) is 4.99. The Balaban J connectivity index is 1.65. The average Bonchev–Trinajstić information content (AvgIpc) is 3.44. The monoisotopic (exact) mass is 397 g/mol. The van der Waals surface area contributed by atoms with Gasteiger partial charge in [-0.2, -0.15) is 4.98 Å². The highest BCUT2D eigenvalue weighted by atomic mass is 16.7. The van der Waals surface area contributed by atoms with E-state index in [0.29, 0.717) is 29.7 Å². The van der Waals surface area contributed by atoms with Gasteiger partial charge in [-0.1, -0.05) is 12.8 Å². The second kappa shape index (κ2) is 7.57. The summed E-state index contributed by atoms with van der Waals surface area (Å²) in [4.78, 5) is 32.9. The molecule has 3 heterocycles. The second-order valence-corrected chi connectivity index (χ2v) is 7.28. The minimum Gasteiger partial charge on any atom is -0.437 e. The summed E-state index contributed by atoms with van der Waals surface area (Å²) in [5.41, 5.74) is 1.98. The fourth-order valence-corrected chi connectivity index (χ4v) is 3.28. The first-order chi connectivity index (χ1) is 13.9. The number of ether oxygens (including phenoxy) is 2. The first kappa shape index (κ1) is 19.0. The lowest BCUT2D eigenvalue weighted by Crippen LogP contribution is -2.21. The summed E-state index contributed by atoms with van der Waals surface area (Å²) in [6.45, 7) is 2.54. The maximum atomic E-state index is 12.4. The Morgan fingerprint density at radius 2 is 2.10 bits per heavy atom. The molecule has 152 valence electrons. The average molecular weight is 397 g/mol. The fourth-order valence-electron chi connectivity index (χ4n) is 3.28. The maximum absolute atomic E-state index is 12.4. The molecule has 0 radical (unpaired) electrons. The van der Waals surface area contributed by atoms with Crippen LogP contribution in [0.5, 0.6) is 5.88 Å². The zero-order valence-electron chi connectivity index (χ0n) is 16.6. The van der Waals surface area contributed by atoms with E-state index in [1.807, 2.05) is 6.92 Å². The molecule has 4 rings (SSSR count). The van der Waals surface area contributed by atoms with Crippen LogP contribution in [0, 0.1) is 12.8 Å². The molecule has 3 aromatic heterocycles. The molecule has 0 aromatic carbocycles. The molecular weight excluding hydrogens is 374 g/mol. The van der Waals surface area contributed by atoms with E-state index in [1.165, 1.54) is 20.0 Å². The molecule has 9 nitrogen and oxygen atoms in total. The highest BCUT2D eigenvalue weighted by molar-refractivity contribution is 5.79. The van der Waals surface area contributed by atoms with Crippen molar-refractivity contribution >= 4 is 28.8 Å². The van der Waals surface area contributed by atoms with E-state index >= 15 is 0 Å². The van der Waals surface area contributed by atoms with Crippen molar-refractivity contribution in [3.05, 3.63) is 40.4 Å². The number of hydrogen-bond donors (Lipinski definition) is 1. The summed E-state index contributed by atoms with van der Waals surface area (Å²) < 4.78 is 13.0. The number of fused-ring (bicyclic) bond motifs is 1. The summed E-state index contributed by atoms with van der Waals surface area (Å²) >= 11 is 0. The third-order valence-electron chi connectivity index (χ3n) is 5.06. The van der Waals surface area contributed by atoms with Crippen LogP contribution in [-0.4, -0.2) is 32.4 Å². The number of pyridine rings is 1. The van der Waals surface area contributed by atoms with Crippen molar-refractivity contribution in [3.8, 4) is 5.88 Å². The third kappa shape index (κ3) is 4.08. The number of nitrogens with zero attached hydrogens (tertiary/aromatic N) is 4. The van der Waals surface area contributed by atoms with Gasteiger partial charge in [0.05, 0.1) is 18.5 Å². The van der Waals surface area contributed by atoms with Gasteiger partial charge >= 0.3 is 6.16 Å². The van der Waals surface area contributed by atoms with E-state index in [1.54, 1.807) is 40.6 Å². The van der Waals surface area contributed by atoms with Gasteiger partial charge in [0.15, 0.2) is 0 Å². The molecule has 1 aliphatic rings. The second-order valence-electron chi connectivity index (χ2n) is 7.28. The molecule has 0 saturated heterocycles. The molecule has 0 unspecified atom stereocenters. The zero-order chi connectivity index (χ0) is 20.5. The van der Waals surface area contributed by atoms with E-state index < -0.39 is 6.16 Å².